The SMILES string of the molecule is CCCC[C@]12CCN(CC3CCC3)[C@H](Cc3ccc(OC(C)C)c(O)c31)[C@@]2(C)O. The van der Waals surface area contributed by atoms with Crippen molar-refractivity contribution in [2.24, 2.45) is 5.92 Å². The number of unbranched alkanes of at least 4 members (excludes halogenated alkanes) is 1. The molecule has 1 aromatic carbocycles. The summed E-state index contributed by atoms with van der Waals surface area (Å²) in [6.45, 7) is 10.3. The highest BCUT2D eigenvalue weighted by Crippen LogP contribution is 2.58. The van der Waals surface area contributed by atoms with Crippen LogP contribution in [0.1, 0.15) is 83.8 Å². The first-order chi connectivity index (χ1) is 13.8. The van der Waals surface area contributed by atoms with E-state index in [1.165, 1.54) is 24.8 Å². The quantitative estimate of drug-likeness (QED) is 0.690. The summed E-state index contributed by atoms with van der Waals surface area (Å²) < 4.78 is 5.92. The number of hydrogen-bond donors (Lipinski definition) is 2. The molecule has 2 fully saturated rings. The number of phenols is 1. The maximum atomic E-state index is 12.1. The van der Waals surface area contributed by atoms with Crippen molar-refractivity contribution >= 4 is 0 Å². The number of rotatable bonds is 7. The number of ether oxygens (including phenoxy) is 1. The van der Waals surface area contributed by atoms with Crippen molar-refractivity contribution in [2.45, 2.75) is 102 Å². The summed E-state index contributed by atoms with van der Waals surface area (Å²) in [6, 6.07) is 4.19. The molecule has 0 aromatic heterocycles. The Morgan fingerprint density at radius 2 is 2.03 bits per heavy atom. The van der Waals surface area contributed by atoms with Gasteiger partial charge in [-0.2, -0.15) is 0 Å². The third-order valence-electron chi connectivity index (χ3n) is 8.04. The molecule has 2 bridgehead atoms. The van der Waals surface area contributed by atoms with E-state index in [1.807, 2.05) is 26.8 Å². The van der Waals surface area contributed by atoms with Crippen molar-refractivity contribution in [3.63, 3.8) is 0 Å². The molecule has 2 N–H and O–H groups in total. The maximum Gasteiger partial charge on any atom is 0.161 e. The fourth-order valence-corrected chi connectivity index (χ4v) is 6.21. The first-order valence-corrected chi connectivity index (χ1v) is 11.8. The number of nitrogens with zero attached hydrogens (tertiary/aromatic N) is 1. The first-order valence-electron chi connectivity index (χ1n) is 11.8. The average Bonchev–Trinajstić information content (AvgIpc) is 2.61. The van der Waals surface area contributed by atoms with Crippen LogP contribution in [0.4, 0.5) is 0 Å². The second-order valence-electron chi connectivity index (χ2n) is 10.2. The maximum absolute atomic E-state index is 12.1. The minimum absolute atomic E-state index is 0.00622. The van der Waals surface area contributed by atoms with Crippen molar-refractivity contribution in [3.05, 3.63) is 23.3 Å². The van der Waals surface area contributed by atoms with Gasteiger partial charge in [-0.25, -0.2) is 0 Å². The molecule has 162 valence electrons. The zero-order valence-corrected chi connectivity index (χ0v) is 18.7. The molecule has 3 atom stereocenters. The molecular weight excluding hydrogens is 362 g/mol. The minimum Gasteiger partial charge on any atom is -0.504 e. The van der Waals surface area contributed by atoms with E-state index in [0.29, 0.717) is 5.75 Å². The van der Waals surface area contributed by atoms with E-state index in [-0.39, 0.29) is 17.9 Å². The van der Waals surface area contributed by atoms with E-state index in [1.54, 1.807) is 0 Å². The van der Waals surface area contributed by atoms with Gasteiger partial charge in [0, 0.05) is 23.6 Å². The van der Waals surface area contributed by atoms with Gasteiger partial charge < -0.3 is 14.9 Å². The molecule has 4 nitrogen and oxygen atoms in total. The number of benzene rings is 1. The fraction of sp³-hybridized carbons (Fsp3) is 0.760. The molecule has 0 spiro atoms. The molecule has 4 heteroatoms. The highest BCUT2D eigenvalue weighted by atomic mass is 16.5. The number of aliphatic hydroxyl groups is 1. The Morgan fingerprint density at radius 3 is 2.66 bits per heavy atom. The van der Waals surface area contributed by atoms with Gasteiger partial charge >= 0.3 is 0 Å². The minimum atomic E-state index is -0.856. The van der Waals surface area contributed by atoms with Crippen molar-refractivity contribution in [1.29, 1.82) is 0 Å². The van der Waals surface area contributed by atoms with Crippen molar-refractivity contribution in [1.82, 2.24) is 4.90 Å². The molecule has 1 aromatic rings. The van der Waals surface area contributed by atoms with Crippen LogP contribution < -0.4 is 4.74 Å². The standard InChI is InChI=1S/C25H39NO3/c1-5-6-12-25-13-14-26(16-18-8-7-9-18)21(24(25,4)28)15-19-10-11-20(29-17(2)3)23(27)22(19)25/h10-11,17-18,21,27-28H,5-9,12-16H2,1-4H3/t21-,24-,25+/m1/s1. The van der Waals surface area contributed by atoms with Crippen molar-refractivity contribution in [2.75, 3.05) is 13.1 Å². The number of fused-ring (bicyclic) bond motifs is 4. The molecule has 0 unspecified atom stereocenters. The zero-order valence-electron chi connectivity index (χ0n) is 18.7. The molecule has 1 aliphatic heterocycles. The van der Waals surface area contributed by atoms with Crippen LogP contribution >= 0.6 is 0 Å². The summed E-state index contributed by atoms with van der Waals surface area (Å²) in [5.41, 5.74) is 0.904. The first kappa shape index (κ1) is 21.0. The van der Waals surface area contributed by atoms with Crippen LogP contribution in [0.3, 0.4) is 0 Å². The Kier molecular flexibility index (Phi) is 5.63. The summed E-state index contributed by atoms with van der Waals surface area (Å²) in [7, 11) is 0. The zero-order chi connectivity index (χ0) is 20.8. The number of phenolic OH excluding ortho intramolecular Hbond substituents is 1. The summed E-state index contributed by atoms with van der Waals surface area (Å²) in [4.78, 5) is 2.56. The van der Waals surface area contributed by atoms with Crippen LogP contribution in [0.2, 0.25) is 0 Å². The third kappa shape index (κ3) is 3.37. The van der Waals surface area contributed by atoms with E-state index in [9.17, 15) is 10.2 Å². The normalized spacial score (nSPS) is 32.1. The average molecular weight is 402 g/mol. The van der Waals surface area contributed by atoms with Crippen LogP contribution in [0.5, 0.6) is 11.5 Å². The smallest absolute Gasteiger partial charge is 0.161 e. The molecule has 29 heavy (non-hydrogen) atoms. The van der Waals surface area contributed by atoms with Gasteiger partial charge in [0.15, 0.2) is 11.5 Å². The van der Waals surface area contributed by atoms with E-state index < -0.39 is 11.0 Å². The number of piperidine rings is 1. The molecule has 1 saturated carbocycles. The second kappa shape index (κ2) is 7.77. The highest BCUT2D eigenvalue weighted by molar-refractivity contribution is 5.57. The highest BCUT2D eigenvalue weighted by Gasteiger charge is 2.61. The van der Waals surface area contributed by atoms with Gasteiger partial charge in [0.1, 0.15) is 0 Å². The Balaban J connectivity index is 1.78. The van der Waals surface area contributed by atoms with Gasteiger partial charge in [0.2, 0.25) is 0 Å². The number of aromatic hydroxyl groups is 1. The Hall–Kier alpha value is -1.26. The third-order valence-corrected chi connectivity index (χ3v) is 8.04. The lowest BCUT2D eigenvalue weighted by atomic mass is 9.53. The van der Waals surface area contributed by atoms with Crippen LogP contribution in [0.25, 0.3) is 0 Å². The molecule has 0 amide bonds. The predicted molar refractivity (Wildman–Crippen MR) is 117 cm³/mol. The van der Waals surface area contributed by atoms with Gasteiger partial charge in [-0.1, -0.05) is 32.3 Å². The van der Waals surface area contributed by atoms with Gasteiger partial charge in [-0.05, 0) is 77.0 Å². The number of hydrogen-bond acceptors (Lipinski definition) is 4. The van der Waals surface area contributed by atoms with Gasteiger partial charge in [-0.15, -0.1) is 0 Å². The molecule has 4 rings (SSSR count). The largest absolute Gasteiger partial charge is 0.504 e. The van der Waals surface area contributed by atoms with Crippen LogP contribution in [-0.2, 0) is 11.8 Å². The summed E-state index contributed by atoms with van der Waals surface area (Å²) in [5.74, 6) is 1.62. The Labute approximate surface area is 176 Å². The van der Waals surface area contributed by atoms with E-state index in [4.69, 9.17) is 4.74 Å². The van der Waals surface area contributed by atoms with E-state index in [0.717, 1.165) is 56.7 Å². The van der Waals surface area contributed by atoms with E-state index in [2.05, 4.69) is 17.9 Å². The summed E-state index contributed by atoms with van der Waals surface area (Å²) in [6.07, 6.45) is 8.79. The van der Waals surface area contributed by atoms with E-state index >= 15 is 0 Å². The van der Waals surface area contributed by atoms with Gasteiger partial charge in [0.05, 0.1) is 11.7 Å². The molecular formula is C25H39NO3. The number of likely N-dealkylation sites (tertiary alicyclic amines) is 1. The van der Waals surface area contributed by atoms with Crippen LogP contribution in [0, 0.1) is 5.92 Å². The fourth-order valence-electron chi connectivity index (χ4n) is 6.21. The predicted octanol–water partition coefficient (Wildman–Crippen LogP) is 4.79. The lowest BCUT2D eigenvalue weighted by Gasteiger charge is -2.61. The molecule has 1 heterocycles. The topological polar surface area (TPSA) is 52.9 Å². The molecule has 0 radical (unpaired) electrons. The van der Waals surface area contributed by atoms with Gasteiger partial charge in [0.25, 0.3) is 0 Å². The lowest BCUT2D eigenvalue weighted by Crippen LogP contribution is -2.70. The van der Waals surface area contributed by atoms with Crippen LogP contribution in [0.15, 0.2) is 12.1 Å². The van der Waals surface area contributed by atoms with Gasteiger partial charge in [-0.3, -0.25) is 4.90 Å². The monoisotopic (exact) mass is 401 g/mol. The molecule has 2 aliphatic carbocycles. The summed E-state index contributed by atoms with van der Waals surface area (Å²) >= 11 is 0. The van der Waals surface area contributed by atoms with Crippen LogP contribution in [-0.4, -0.2) is 45.9 Å². The summed E-state index contributed by atoms with van der Waals surface area (Å²) in [5, 5.41) is 23.4. The molecule has 1 saturated heterocycles. The van der Waals surface area contributed by atoms with Crippen molar-refractivity contribution < 1.29 is 14.9 Å². The molecule has 3 aliphatic rings. The Bertz CT molecular complexity index is 740. The van der Waals surface area contributed by atoms with Crippen molar-refractivity contribution in [3.8, 4) is 11.5 Å². The lowest BCUT2D eigenvalue weighted by molar-refractivity contribution is -0.142. The Morgan fingerprint density at radius 1 is 1.28 bits per heavy atom. The second-order valence-corrected chi connectivity index (χ2v) is 10.2.